The van der Waals surface area contributed by atoms with Gasteiger partial charge in [0.15, 0.2) is 5.60 Å². The monoisotopic (exact) mass is 567 g/mol. The Labute approximate surface area is 233 Å². The van der Waals surface area contributed by atoms with Crippen LogP contribution in [0.2, 0.25) is 5.02 Å². The SMILES string of the molecule is COc1c(Cl)ccc2c1C(C)(C)CC(O)(C(F)(F)F)C2Nc1cccc2c1ccc(=O)n2-c1cccc(C#N)c1. The number of anilines is 1. The molecule has 0 saturated carbocycles. The van der Waals surface area contributed by atoms with Crippen molar-refractivity contribution in [3.05, 3.63) is 98.8 Å². The topological polar surface area (TPSA) is 87.3 Å². The zero-order valence-corrected chi connectivity index (χ0v) is 22.6. The largest absolute Gasteiger partial charge is 0.495 e. The van der Waals surface area contributed by atoms with E-state index >= 15 is 0 Å². The van der Waals surface area contributed by atoms with E-state index < -0.39 is 29.7 Å². The van der Waals surface area contributed by atoms with Crippen LogP contribution >= 0.6 is 11.6 Å². The molecule has 40 heavy (non-hydrogen) atoms. The van der Waals surface area contributed by atoms with Gasteiger partial charge in [0.05, 0.1) is 41.0 Å². The third kappa shape index (κ3) is 4.28. The number of methoxy groups -OCH3 is 1. The fourth-order valence-corrected chi connectivity index (χ4v) is 6.06. The molecule has 3 aromatic carbocycles. The van der Waals surface area contributed by atoms with Crippen molar-refractivity contribution in [1.82, 2.24) is 4.57 Å². The minimum Gasteiger partial charge on any atom is -0.495 e. The van der Waals surface area contributed by atoms with Crippen molar-refractivity contribution in [3.8, 4) is 17.5 Å². The van der Waals surface area contributed by atoms with Gasteiger partial charge in [-0.1, -0.05) is 43.6 Å². The zero-order chi connectivity index (χ0) is 29.0. The number of nitrogens with one attached hydrogen (secondary N) is 1. The molecule has 0 saturated heterocycles. The van der Waals surface area contributed by atoms with E-state index in [1.807, 2.05) is 6.07 Å². The summed E-state index contributed by atoms with van der Waals surface area (Å²) in [6.45, 7) is 3.23. The minimum absolute atomic E-state index is 0.198. The number of alkyl halides is 3. The number of nitrogens with zero attached hydrogens (tertiary/aromatic N) is 2. The molecule has 0 amide bonds. The van der Waals surface area contributed by atoms with Crippen LogP contribution in [0, 0.1) is 11.3 Å². The van der Waals surface area contributed by atoms with Crippen LogP contribution in [0.4, 0.5) is 18.9 Å². The third-order valence-electron chi connectivity index (χ3n) is 7.48. The average Bonchev–Trinajstić information content (AvgIpc) is 2.90. The molecule has 0 fully saturated rings. The lowest BCUT2D eigenvalue weighted by atomic mass is 9.63. The number of hydrogen-bond acceptors (Lipinski definition) is 5. The molecular formula is C30H25ClF3N3O3. The molecule has 1 aliphatic carbocycles. The van der Waals surface area contributed by atoms with Gasteiger partial charge < -0.3 is 15.2 Å². The van der Waals surface area contributed by atoms with Crippen molar-refractivity contribution in [2.45, 2.75) is 43.5 Å². The van der Waals surface area contributed by atoms with Crippen LogP contribution in [0.3, 0.4) is 0 Å². The van der Waals surface area contributed by atoms with Gasteiger partial charge in [-0.3, -0.25) is 9.36 Å². The first-order chi connectivity index (χ1) is 18.8. The summed E-state index contributed by atoms with van der Waals surface area (Å²) in [5, 5.41) is 24.4. The standard InChI is InChI=1S/C30H25ClF3N3O3/c1-28(2)16-29(39,30(32,33)34)27(20-10-12-21(31)26(40-3)25(20)28)36-22-8-5-9-23-19(22)11-13-24(38)37(23)18-7-4-6-17(14-18)15-35/h4-14,27,36,39H,16H2,1-3H3. The van der Waals surface area contributed by atoms with E-state index in [-0.39, 0.29) is 27.6 Å². The van der Waals surface area contributed by atoms with Gasteiger partial charge in [0.25, 0.3) is 5.56 Å². The second kappa shape index (κ2) is 9.58. The van der Waals surface area contributed by atoms with Gasteiger partial charge in [-0.2, -0.15) is 18.4 Å². The van der Waals surface area contributed by atoms with Crippen LogP contribution < -0.4 is 15.6 Å². The van der Waals surface area contributed by atoms with E-state index in [0.717, 1.165) is 0 Å². The lowest BCUT2D eigenvalue weighted by Gasteiger charge is -2.49. The van der Waals surface area contributed by atoms with Crippen molar-refractivity contribution in [2.75, 3.05) is 12.4 Å². The van der Waals surface area contributed by atoms with Gasteiger partial charge in [0.2, 0.25) is 0 Å². The van der Waals surface area contributed by atoms with Gasteiger partial charge >= 0.3 is 6.18 Å². The normalized spacial score (nSPS) is 20.0. The lowest BCUT2D eigenvalue weighted by Crippen LogP contribution is -2.58. The Morgan fingerprint density at radius 3 is 2.52 bits per heavy atom. The summed E-state index contributed by atoms with van der Waals surface area (Å²) >= 11 is 6.37. The molecule has 2 N–H and O–H groups in total. The minimum atomic E-state index is -4.99. The Morgan fingerprint density at radius 2 is 1.85 bits per heavy atom. The summed E-state index contributed by atoms with van der Waals surface area (Å²) in [5.41, 5.74) is -2.54. The van der Waals surface area contributed by atoms with Gasteiger partial charge in [0, 0.05) is 22.7 Å². The van der Waals surface area contributed by atoms with Crippen molar-refractivity contribution in [3.63, 3.8) is 0 Å². The molecule has 0 radical (unpaired) electrons. The lowest BCUT2D eigenvalue weighted by molar-refractivity contribution is -0.275. The van der Waals surface area contributed by atoms with E-state index in [4.69, 9.17) is 16.3 Å². The van der Waals surface area contributed by atoms with Crippen molar-refractivity contribution in [2.24, 2.45) is 0 Å². The number of aliphatic hydroxyl groups is 1. The number of rotatable bonds is 4. The second-order valence-electron chi connectivity index (χ2n) is 10.5. The van der Waals surface area contributed by atoms with Crippen LogP contribution in [-0.2, 0) is 5.41 Å². The number of nitriles is 1. The first-order valence-corrected chi connectivity index (χ1v) is 12.8. The maximum absolute atomic E-state index is 14.7. The number of hydrogen-bond donors (Lipinski definition) is 2. The highest BCUT2D eigenvalue weighted by Crippen LogP contribution is 2.57. The van der Waals surface area contributed by atoms with E-state index in [1.54, 1.807) is 56.3 Å². The average molecular weight is 568 g/mol. The summed E-state index contributed by atoms with van der Waals surface area (Å²) in [4.78, 5) is 13.0. The number of aromatic nitrogens is 1. The molecule has 0 spiro atoms. The molecule has 4 aromatic rings. The fraction of sp³-hybridized carbons (Fsp3) is 0.267. The predicted molar refractivity (Wildman–Crippen MR) is 147 cm³/mol. The Balaban J connectivity index is 1.74. The highest BCUT2D eigenvalue weighted by molar-refractivity contribution is 6.32. The molecule has 1 heterocycles. The maximum atomic E-state index is 14.7. The highest BCUT2D eigenvalue weighted by Gasteiger charge is 2.64. The number of halogens is 4. The summed E-state index contributed by atoms with van der Waals surface area (Å²) in [5.74, 6) is 0.254. The van der Waals surface area contributed by atoms with Crippen molar-refractivity contribution in [1.29, 1.82) is 5.26 Å². The predicted octanol–water partition coefficient (Wildman–Crippen LogP) is 6.65. The molecule has 0 bridgehead atoms. The van der Waals surface area contributed by atoms with E-state index in [9.17, 15) is 28.3 Å². The fourth-order valence-electron chi connectivity index (χ4n) is 5.83. The first kappa shape index (κ1) is 27.6. The summed E-state index contributed by atoms with van der Waals surface area (Å²) in [6, 6.07) is 17.5. The highest BCUT2D eigenvalue weighted by atomic mass is 35.5. The van der Waals surface area contributed by atoms with Crippen LogP contribution in [0.15, 0.2) is 71.5 Å². The van der Waals surface area contributed by atoms with Gasteiger partial charge in [-0.05, 0) is 59.9 Å². The quantitative estimate of drug-likeness (QED) is 0.288. The summed E-state index contributed by atoms with van der Waals surface area (Å²) < 4.78 is 50.9. The Bertz CT molecular complexity index is 1740. The Morgan fingerprint density at radius 1 is 1.12 bits per heavy atom. The first-order valence-electron chi connectivity index (χ1n) is 12.4. The molecule has 5 rings (SSSR count). The molecule has 2 unspecified atom stereocenters. The Hall–Kier alpha value is -4.00. The second-order valence-corrected chi connectivity index (χ2v) is 10.9. The van der Waals surface area contributed by atoms with Crippen LogP contribution in [0.25, 0.3) is 16.6 Å². The van der Waals surface area contributed by atoms with Gasteiger partial charge in [0.1, 0.15) is 5.75 Å². The molecule has 10 heteroatoms. The van der Waals surface area contributed by atoms with E-state index in [1.165, 1.54) is 35.9 Å². The number of pyridine rings is 1. The molecule has 206 valence electrons. The molecule has 1 aromatic heterocycles. The molecule has 0 aliphatic heterocycles. The Kier molecular flexibility index (Phi) is 6.60. The maximum Gasteiger partial charge on any atom is 0.419 e. The molecule has 2 atom stereocenters. The van der Waals surface area contributed by atoms with Crippen molar-refractivity contribution < 1.29 is 23.0 Å². The van der Waals surface area contributed by atoms with Gasteiger partial charge in [-0.15, -0.1) is 0 Å². The number of benzene rings is 3. The van der Waals surface area contributed by atoms with Crippen LogP contribution in [-0.4, -0.2) is 28.6 Å². The number of ether oxygens (including phenoxy) is 1. The molecule has 1 aliphatic rings. The summed E-state index contributed by atoms with van der Waals surface area (Å²) in [7, 11) is 1.40. The third-order valence-corrected chi connectivity index (χ3v) is 7.78. The van der Waals surface area contributed by atoms with Crippen molar-refractivity contribution >= 4 is 28.2 Å². The van der Waals surface area contributed by atoms with Crippen LogP contribution in [0.5, 0.6) is 5.75 Å². The number of fused-ring (bicyclic) bond motifs is 2. The van der Waals surface area contributed by atoms with E-state index in [0.29, 0.717) is 27.7 Å². The van der Waals surface area contributed by atoms with E-state index in [2.05, 4.69) is 5.32 Å². The van der Waals surface area contributed by atoms with Gasteiger partial charge in [-0.25, -0.2) is 0 Å². The summed E-state index contributed by atoms with van der Waals surface area (Å²) in [6.07, 6.45) is -5.64. The van der Waals surface area contributed by atoms with Crippen LogP contribution in [0.1, 0.15) is 43.0 Å². The molecule has 6 nitrogen and oxygen atoms in total. The molecular weight excluding hydrogens is 543 g/mol. The zero-order valence-electron chi connectivity index (χ0n) is 21.8. The smallest absolute Gasteiger partial charge is 0.419 e.